The van der Waals surface area contributed by atoms with Crippen LogP contribution in [0.3, 0.4) is 0 Å². The Morgan fingerprint density at radius 3 is 2.12 bits per heavy atom. The molecule has 25 heavy (non-hydrogen) atoms. The standard InChI is InChI=1S/C20H23NO4/c1-4-25-18(22)20(2,16-13-9-6-10-14-16)17(21-19(23)24-3)15-11-7-5-8-12-15/h5-14,17H,4H2,1-3H3,(H,21,23)/t17-,20+/m0/s1. The summed E-state index contributed by atoms with van der Waals surface area (Å²) in [5.41, 5.74) is 0.415. The number of ether oxygens (including phenoxy) is 2. The highest BCUT2D eigenvalue weighted by atomic mass is 16.5. The van der Waals surface area contributed by atoms with Crippen LogP contribution in [0.5, 0.6) is 0 Å². The average molecular weight is 341 g/mol. The Kier molecular flexibility index (Phi) is 6.17. The normalized spacial score (nSPS) is 14.0. The van der Waals surface area contributed by atoms with Crippen molar-refractivity contribution in [3.05, 3.63) is 71.8 Å². The first-order chi connectivity index (χ1) is 12.0. The summed E-state index contributed by atoms with van der Waals surface area (Å²) in [5.74, 6) is -0.411. The molecule has 2 aromatic rings. The van der Waals surface area contributed by atoms with E-state index >= 15 is 0 Å². The number of benzene rings is 2. The molecule has 0 bridgehead atoms. The first-order valence-corrected chi connectivity index (χ1v) is 8.16. The molecule has 0 aliphatic heterocycles. The van der Waals surface area contributed by atoms with Crippen molar-refractivity contribution in [2.24, 2.45) is 0 Å². The summed E-state index contributed by atoms with van der Waals surface area (Å²) in [7, 11) is 1.29. The number of hydrogen-bond donors (Lipinski definition) is 1. The quantitative estimate of drug-likeness (QED) is 0.815. The molecule has 0 saturated heterocycles. The number of hydrogen-bond acceptors (Lipinski definition) is 4. The smallest absolute Gasteiger partial charge is 0.407 e. The van der Waals surface area contributed by atoms with Gasteiger partial charge in [-0.25, -0.2) is 4.79 Å². The summed E-state index contributed by atoms with van der Waals surface area (Å²) in [6.45, 7) is 3.78. The van der Waals surface area contributed by atoms with Crippen LogP contribution in [-0.4, -0.2) is 25.8 Å². The number of amides is 1. The number of nitrogens with one attached hydrogen (secondary N) is 1. The molecule has 2 aromatic carbocycles. The lowest BCUT2D eigenvalue weighted by Gasteiger charge is -2.36. The maximum absolute atomic E-state index is 12.9. The third-order valence-corrected chi connectivity index (χ3v) is 4.23. The molecule has 0 spiro atoms. The summed E-state index contributed by atoms with van der Waals surface area (Å²) >= 11 is 0. The molecular formula is C20H23NO4. The van der Waals surface area contributed by atoms with Gasteiger partial charge in [0.2, 0.25) is 0 Å². The van der Waals surface area contributed by atoms with Crippen LogP contribution in [-0.2, 0) is 19.7 Å². The maximum atomic E-state index is 12.9. The zero-order valence-corrected chi connectivity index (χ0v) is 14.7. The molecule has 5 nitrogen and oxygen atoms in total. The lowest BCUT2D eigenvalue weighted by molar-refractivity contribution is -0.150. The van der Waals surface area contributed by atoms with Crippen LogP contribution in [0.25, 0.3) is 0 Å². The van der Waals surface area contributed by atoms with Gasteiger partial charge in [-0.2, -0.15) is 0 Å². The number of methoxy groups -OCH3 is 1. The van der Waals surface area contributed by atoms with Gasteiger partial charge in [-0.05, 0) is 25.0 Å². The monoisotopic (exact) mass is 341 g/mol. The highest BCUT2D eigenvalue weighted by Crippen LogP contribution is 2.38. The highest BCUT2D eigenvalue weighted by Gasteiger charge is 2.46. The summed E-state index contributed by atoms with van der Waals surface area (Å²) in [6.07, 6.45) is -0.611. The van der Waals surface area contributed by atoms with E-state index in [0.29, 0.717) is 0 Å². The van der Waals surface area contributed by atoms with E-state index in [0.717, 1.165) is 11.1 Å². The lowest BCUT2D eigenvalue weighted by atomic mass is 9.73. The van der Waals surface area contributed by atoms with Gasteiger partial charge < -0.3 is 14.8 Å². The molecule has 1 amide bonds. The second kappa shape index (κ2) is 8.33. The van der Waals surface area contributed by atoms with Gasteiger partial charge in [-0.15, -0.1) is 0 Å². The first-order valence-electron chi connectivity index (χ1n) is 8.16. The Labute approximate surface area is 148 Å². The number of carbonyl (C=O) groups is 2. The van der Waals surface area contributed by atoms with Gasteiger partial charge in [0, 0.05) is 0 Å². The van der Waals surface area contributed by atoms with E-state index in [2.05, 4.69) is 5.32 Å². The molecule has 2 rings (SSSR count). The largest absolute Gasteiger partial charge is 0.465 e. The number of rotatable bonds is 6. The van der Waals surface area contributed by atoms with Crippen molar-refractivity contribution >= 4 is 12.1 Å². The molecule has 0 aliphatic rings. The Morgan fingerprint density at radius 2 is 1.60 bits per heavy atom. The van der Waals surface area contributed by atoms with E-state index in [1.165, 1.54) is 7.11 Å². The van der Waals surface area contributed by atoms with Crippen molar-refractivity contribution in [1.29, 1.82) is 0 Å². The lowest BCUT2D eigenvalue weighted by Crippen LogP contribution is -2.48. The Hall–Kier alpha value is -2.82. The van der Waals surface area contributed by atoms with Crippen molar-refractivity contribution in [2.45, 2.75) is 25.3 Å². The van der Waals surface area contributed by atoms with E-state index < -0.39 is 23.5 Å². The van der Waals surface area contributed by atoms with Crippen LogP contribution < -0.4 is 5.32 Å². The molecule has 0 fully saturated rings. The van der Waals surface area contributed by atoms with Crippen molar-refractivity contribution in [2.75, 3.05) is 13.7 Å². The fraction of sp³-hybridized carbons (Fsp3) is 0.300. The predicted molar refractivity (Wildman–Crippen MR) is 95.2 cm³/mol. The maximum Gasteiger partial charge on any atom is 0.407 e. The van der Waals surface area contributed by atoms with Crippen LogP contribution in [0.1, 0.15) is 31.0 Å². The zero-order chi connectivity index (χ0) is 18.3. The van der Waals surface area contributed by atoms with Crippen LogP contribution in [0.2, 0.25) is 0 Å². The van der Waals surface area contributed by atoms with Crippen molar-refractivity contribution < 1.29 is 19.1 Å². The molecule has 0 heterocycles. The van der Waals surface area contributed by atoms with Crippen LogP contribution in [0.15, 0.2) is 60.7 Å². The molecule has 0 aromatic heterocycles. The van der Waals surface area contributed by atoms with Gasteiger partial charge in [-0.1, -0.05) is 60.7 Å². The van der Waals surface area contributed by atoms with Gasteiger partial charge in [0.25, 0.3) is 0 Å². The van der Waals surface area contributed by atoms with E-state index in [-0.39, 0.29) is 6.61 Å². The minimum atomic E-state index is -1.12. The number of carbonyl (C=O) groups excluding carboxylic acids is 2. The highest BCUT2D eigenvalue weighted by molar-refractivity contribution is 5.85. The molecular weight excluding hydrogens is 318 g/mol. The zero-order valence-electron chi connectivity index (χ0n) is 14.7. The van der Waals surface area contributed by atoms with E-state index in [1.54, 1.807) is 13.8 Å². The summed E-state index contributed by atoms with van der Waals surface area (Å²) in [4.78, 5) is 24.9. The second-order valence-corrected chi connectivity index (χ2v) is 5.77. The fourth-order valence-electron chi connectivity index (χ4n) is 2.85. The van der Waals surface area contributed by atoms with Crippen LogP contribution >= 0.6 is 0 Å². The predicted octanol–water partition coefficient (Wildman–Crippen LogP) is 3.60. The topological polar surface area (TPSA) is 64.6 Å². The van der Waals surface area contributed by atoms with Crippen LogP contribution in [0, 0.1) is 0 Å². The third-order valence-electron chi connectivity index (χ3n) is 4.23. The average Bonchev–Trinajstić information content (AvgIpc) is 2.66. The van der Waals surface area contributed by atoms with E-state index in [1.807, 2.05) is 60.7 Å². The van der Waals surface area contributed by atoms with Crippen molar-refractivity contribution in [1.82, 2.24) is 5.32 Å². The summed E-state index contributed by atoms with van der Waals surface area (Å²) < 4.78 is 10.1. The minimum absolute atomic E-state index is 0.251. The number of alkyl carbamates (subject to hydrolysis) is 1. The van der Waals surface area contributed by atoms with E-state index in [4.69, 9.17) is 9.47 Å². The molecule has 0 unspecified atom stereocenters. The molecule has 2 atom stereocenters. The van der Waals surface area contributed by atoms with Crippen molar-refractivity contribution in [3.63, 3.8) is 0 Å². The Balaban J connectivity index is 2.60. The van der Waals surface area contributed by atoms with E-state index in [9.17, 15) is 9.59 Å². The van der Waals surface area contributed by atoms with Crippen LogP contribution in [0.4, 0.5) is 4.79 Å². The number of esters is 1. The third kappa shape index (κ3) is 3.99. The molecule has 0 saturated carbocycles. The van der Waals surface area contributed by atoms with Gasteiger partial charge >= 0.3 is 12.1 Å². The molecule has 5 heteroatoms. The van der Waals surface area contributed by atoms with Gasteiger partial charge in [-0.3, -0.25) is 4.79 Å². The minimum Gasteiger partial charge on any atom is -0.465 e. The molecule has 0 radical (unpaired) electrons. The fourth-order valence-corrected chi connectivity index (χ4v) is 2.85. The molecule has 0 aliphatic carbocycles. The molecule has 132 valence electrons. The Morgan fingerprint density at radius 1 is 1.04 bits per heavy atom. The summed E-state index contributed by atoms with van der Waals surface area (Å²) in [5, 5.41) is 2.80. The van der Waals surface area contributed by atoms with Gasteiger partial charge in [0.05, 0.1) is 19.8 Å². The van der Waals surface area contributed by atoms with Crippen molar-refractivity contribution in [3.8, 4) is 0 Å². The SMILES string of the molecule is CCOC(=O)[C@](C)(c1ccccc1)[C@@H](NC(=O)OC)c1ccccc1. The van der Waals surface area contributed by atoms with Gasteiger partial charge in [0.1, 0.15) is 5.41 Å². The second-order valence-electron chi connectivity index (χ2n) is 5.77. The molecule has 1 N–H and O–H groups in total. The van der Waals surface area contributed by atoms with Gasteiger partial charge in [0.15, 0.2) is 0 Å². The Bertz CT molecular complexity index is 702. The first kappa shape index (κ1) is 18.5. The summed E-state index contributed by atoms with van der Waals surface area (Å²) in [6, 6.07) is 18.0.